The van der Waals surface area contributed by atoms with Crippen molar-refractivity contribution in [1.29, 1.82) is 0 Å². The molecule has 0 spiro atoms. The smallest absolute Gasteiger partial charge is 0.268 e. The molecule has 0 atom stereocenters. The Bertz CT molecular complexity index is 1270. The van der Waals surface area contributed by atoms with Crippen molar-refractivity contribution in [2.24, 2.45) is 5.41 Å². The number of fused-ring (bicyclic) bond motifs is 1. The summed E-state index contributed by atoms with van der Waals surface area (Å²) >= 11 is 6.05. The number of rotatable bonds is 3. The number of pyridine rings is 1. The first-order valence-corrected chi connectivity index (χ1v) is 10.2. The number of carbonyl (C=O) groups is 2. The summed E-state index contributed by atoms with van der Waals surface area (Å²) in [7, 11) is 0. The standard InChI is InChI=1S/C24H20ClFN2O3/c1-24(2)11-16-17(20(29)12-24)13-28(15-6-4-3-5-7-15)23(31)21(16)22(30)27-19-9-8-14(26)10-18(19)25/h3-10,13H,11-12H2,1-2H3,(H,27,30). The minimum absolute atomic E-state index is 0.0120. The Hall–Kier alpha value is -3.25. The Morgan fingerprint density at radius 2 is 1.81 bits per heavy atom. The van der Waals surface area contributed by atoms with Crippen LogP contribution in [-0.2, 0) is 6.42 Å². The zero-order valence-corrected chi connectivity index (χ0v) is 17.8. The third-order valence-electron chi connectivity index (χ3n) is 5.35. The molecule has 1 aliphatic carbocycles. The second-order valence-corrected chi connectivity index (χ2v) is 8.83. The number of hydrogen-bond donors (Lipinski definition) is 1. The summed E-state index contributed by atoms with van der Waals surface area (Å²) in [6.07, 6.45) is 2.24. The van der Waals surface area contributed by atoms with Crippen molar-refractivity contribution in [2.75, 3.05) is 5.32 Å². The highest BCUT2D eigenvalue weighted by atomic mass is 35.5. The molecule has 1 aromatic heterocycles. The molecule has 0 unspecified atom stereocenters. The van der Waals surface area contributed by atoms with Crippen LogP contribution in [0.4, 0.5) is 10.1 Å². The monoisotopic (exact) mass is 438 g/mol. The SMILES string of the molecule is CC1(C)CC(=O)c2cn(-c3ccccc3)c(=O)c(C(=O)Nc3ccc(F)cc3Cl)c2C1. The number of anilines is 1. The predicted octanol–water partition coefficient (Wildman–Crippen LogP) is 5.04. The van der Waals surface area contributed by atoms with E-state index in [2.05, 4.69) is 5.32 Å². The van der Waals surface area contributed by atoms with Crippen LogP contribution in [-0.4, -0.2) is 16.3 Å². The fourth-order valence-corrected chi connectivity index (χ4v) is 4.15. The van der Waals surface area contributed by atoms with Crippen molar-refractivity contribution in [2.45, 2.75) is 26.7 Å². The van der Waals surface area contributed by atoms with Gasteiger partial charge in [0, 0.05) is 23.9 Å². The Balaban J connectivity index is 1.91. The van der Waals surface area contributed by atoms with Gasteiger partial charge in [0.15, 0.2) is 5.78 Å². The van der Waals surface area contributed by atoms with Gasteiger partial charge in [-0.25, -0.2) is 4.39 Å². The van der Waals surface area contributed by atoms with Gasteiger partial charge in [-0.1, -0.05) is 43.6 Å². The Morgan fingerprint density at radius 3 is 2.48 bits per heavy atom. The summed E-state index contributed by atoms with van der Waals surface area (Å²) < 4.78 is 14.7. The average Bonchev–Trinajstić information content (AvgIpc) is 2.69. The van der Waals surface area contributed by atoms with E-state index in [0.717, 1.165) is 12.1 Å². The van der Waals surface area contributed by atoms with E-state index in [9.17, 15) is 18.8 Å². The molecule has 0 radical (unpaired) electrons. The number of amides is 1. The van der Waals surface area contributed by atoms with Crippen molar-refractivity contribution in [3.05, 3.63) is 92.6 Å². The maximum absolute atomic E-state index is 13.4. The second kappa shape index (κ2) is 7.78. The molecule has 0 saturated carbocycles. The molecule has 0 aliphatic heterocycles. The predicted molar refractivity (Wildman–Crippen MR) is 118 cm³/mol. The van der Waals surface area contributed by atoms with Crippen molar-refractivity contribution in [3.8, 4) is 5.69 Å². The van der Waals surface area contributed by atoms with Gasteiger partial charge < -0.3 is 5.32 Å². The van der Waals surface area contributed by atoms with Crippen LogP contribution < -0.4 is 10.9 Å². The van der Waals surface area contributed by atoms with Crippen LogP contribution in [0.5, 0.6) is 0 Å². The molecule has 1 N–H and O–H groups in total. The summed E-state index contributed by atoms with van der Waals surface area (Å²) in [6.45, 7) is 3.85. The number of nitrogens with zero attached hydrogens (tertiary/aromatic N) is 1. The molecule has 31 heavy (non-hydrogen) atoms. The largest absolute Gasteiger partial charge is 0.320 e. The van der Waals surface area contributed by atoms with Crippen LogP contribution in [0.25, 0.3) is 5.69 Å². The summed E-state index contributed by atoms with van der Waals surface area (Å²) in [5.74, 6) is -1.35. The topological polar surface area (TPSA) is 68.2 Å². The number of halogens is 2. The molecule has 5 nitrogen and oxygen atoms in total. The molecule has 0 saturated heterocycles. The van der Waals surface area contributed by atoms with Gasteiger partial charge in [-0.15, -0.1) is 0 Å². The zero-order chi connectivity index (χ0) is 22.3. The van der Waals surface area contributed by atoms with Gasteiger partial charge in [0.05, 0.1) is 10.7 Å². The normalized spacial score (nSPS) is 14.8. The number of benzene rings is 2. The van der Waals surface area contributed by atoms with E-state index in [4.69, 9.17) is 11.6 Å². The van der Waals surface area contributed by atoms with Gasteiger partial charge >= 0.3 is 0 Å². The lowest BCUT2D eigenvalue weighted by molar-refractivity contribution is 0.0910. The molecular formula is C24H20ClFN2O3. The Kier molecular flexibility index (Phi) is 5.27. The number of Topliss-reactive ketones (excluding diaryl/α,β-unsaturated/α-hetero) is 1. The van der Waals surface area contributed by atoms with E-state index in [1.165, 1.54) is 16.8 Å². The van der Waals surface area contributed by atoms with Gasteiger partial charge in [0.25, 0.3) is 11.5 Å². The van der Waals surface area contributed by atoms with Crippen molar-refractivity contribution >= 4 is 29.0 Å². The molecule has 7 heteroatoms. The molecule has 4 rings (SSSR count). The van der Waals surface area contributed by atoms with Crippen LogP contribution in [0.1, 0.15) is 46.5 Å². The molecule has 158 valence electrons. The molecule has 3 aromatic rings. The van der Waals surface area contributed by atoms with Crippen molar-refractivity contribution in [1.82, 2.24) is 4.57 Å². The third-order valence-corrected chi connectivity index (χ3v) is 5.67. The van der Waals surface area contributed by atoms with Gasteiger partial charge in [-0.3, -0.25) is 19.0 Å². The number of nitrogens with one attached hydrogen (secondary N) is 1. The highest BCUT2D eigenvalue weighted by Gasteiger charge is 2.36. The highest BCUT2D eigenvalue weighted by Crippen LogP contribution is 2.36. The number of carbonyl (C=O) groups excluding carboxylic acids is 2. The first-order valence-electron chi connectivity index (χ1n) is 9.80. The molecule has 0 fully saturated rings. The second-order valence-electron chi connectivity index (χ2n) is 8.43. The fourth-order valence-electron chi connectivity index (χ4n) is 3.93. The summed E-state index contributed by atoms with van der Waals surface area (Å²) in [5.41, 5.74) is 0.471. The van der Waals surface area contributed by atoms with E-state index in [1.54, 1.807) is 24.3 Å². The first kappa shape index (κ1) is 21.0. The van der Waals surface area contributed by atoms with E-state index >= 15 is 0 Å². The van der Waals surface area contributed by atoms with Gasteiger partial charge in [-0.2, -0.15) is 0 Å². The number of aromatic nitrogens is 1. The molecular weight excluding hydrogens is 419 g/mol. The Morgan fingerprint density at radius 1 is 1.10 bits per heavy atom. The van der Waals surface area contributed by atoms with Crippen LogP contribution >= 0.6 is 11.6 Å². The average molecular weight is 439 g/mol. The van der Waals surface area contributed by atoms with E-state index in [0.29, 0.717) is 29.7 Å². The first-order chi connectivity index (χ1) is 14.7. The number of hydrogen-bond acceptors (Lipinski definition) is 3. The molecule has 0 bridgehead atoms. The van der Waals surface area contributed by atoms with Crippen molar-refractivity contribution in [3.63, 3.8) is 0 Å². The van der Waals surface area contributed by atoms with Gasteiger partial charge in [0.2, 0.25) is 0 Å². The van der Waals surface area contributed by atoms with Crippen LogP contribution in [0.2, 0.25) is 5.02 Å². The highest BCUT2D eigenvalue weighted by molar-refractivity contribution is 6.34. The number of para-hydroxylation sites is 1. The van der Waals surface area contributed by atoms with Crippen LogP contribution in [0.3, 0.4) is 0 Å². The maximum atomic E-state index is 13.4. The molecule has 2 aromatic carbocycles. The molecule has 1 heterocycles. The van der Waals surface area contributed by atoms with Gasteiger partial charge in [0.1, 0.15) is 11.4 Å². The third kappa shape index (κ3) is 4.03. The van der Waals surface area contributed by atoms with E-state index in [1.807, 2.05) is 19.9 Å². The fraction of sp³-hybridized carbons (Fsp3) is 0.208. The van der Waals surface area contributed by atoms with Crippen LogP contribution in [0, 0.1) is 11.2 Å². The molecule has 1 amide bonds. The summed E-state index contributed by atoms with van der Waals surface area (Å²) in [6, 6.07) is 12.4. The van der Waals surface area contributed by atoms with Gasteiger partial charge in [-0.05, 0) is 47.7 Å². The zero-order valence-electron chi connectivity index (χ0n) is 17.0. The minimum atomic E-state index is -0.689. The Labute approximate surface area is 183 Å². The van der Waals surface area contributed by atoms with Crippen LogP contribution in [0.15, 0.2) is 59.5 Å². The number of ketones is 1. The van der Waals surface area contributed by atoms with Crippen molar-refractivity contribution < 1.29 is 14.0 Å². The maximum Gasteiger partial charge on any atom is 0.268 e. The lowest BCUT2D eigenvalue weighted by Gasteiger charge is -2.31. The van der Waals surface area contributed by atoms with E-state index < -0.39 is 22.7 Å². The molecule has 1 aliphatic rings. The summed E-state index contributed by atoms with van der Waals surface area (Å²) in [5, 5.41) is 2.62. The lowest BCUT2D eigenvalue weighted by Crippen LogP contribution is -2.37. The minimum Gasteiger partial charge on any atom is -0.320 e. The van der Waals surface area contributed by atoms with E-state index in [-0.39, 0.29) is 22.1 Å². The quantitative estimate of drug-likeness (QED) is 0.623. The lowest BCUT2D eigenvalue weighted by atomic mass is 9.73. The summed E-state index contributed by atoms with van der Waals surface area (Å²) in [4.78, 5) is 39.6.